The van der Waals surface area contributed by atoms with Gasteiger partial charge in [0.1, 0.15) is 5.78 Å². The van der Waals surface area contributed by atoms with E-state index < -0.39 is 0 Å². The van der Waals surface area contributed by atoms with E-state index in [1.807, 2.05) is 41.5 Å². The van der Waals surface area contributed by atoms with Crippen LogP contribution >= 0.6 is 0 Å². The predicted molar refractivity (Wildman–Crippen MR) is 205 cm³/mol. The number of unbranched alkanes of at least 4 members (excludes halogenated alkanes) is 5. The van der Waals surface area contributed by atoms with Crippen molar-refractivity contribution >= 4 is 29.7 Å². The molecule has 0 aliphatic rings. The van der Waals surface area contributed by atoms with Crippen LogP contribution in [-0.4, -0.2) is 29.7 Å². The fourth-order valence-electron chi connectivity index (χ4n) is 3.43. The average Bonchev–Trinajstić information content (AvgIpc) is 3.09. The lowest BCUT2D eigenvalue weighted by molar-refractivity contribution is -0.143. The number of ketones is 1. The summed E-state index contributed by atoms with van der Waals surface area (Å²) in [5.41, 5.74) is 0. The SMILES string of the molecule is C=CCC(=O)CCCCCC.C=COC(=O)C(C)CC.C=COC(=O)C(C)CCC.C=COC(=O)C(C)CCCC.C=COC(=O)CCCC. The van der Waals surface area contributed by atoms with Crippen molar-refractivity contribution in [3.8, 4) is 0 Å². The topological polar surface area (TPSA) is 122 Å². The Morgan fingerprint density at radius 3 is 1.32 bits per heavy atom. The molecule has 9 nitrogen and oxygen atoms in total. The zero-order valence-electron chi connectivity index (χ0n) is 32.9. The second kappa shape index (κ2) is 45.2. The summed E-state index contributed by atoms with van der Waals surface area (Å²) < 4.78 is 18.2. The number of allylic oxidation sites excluding steroid dienone is 1. The van der Waals surface area contributed by atoms with Gasteiger partial charge in [-0.1, -0.05) is 133 Å². The van der Waals surface area contributed by atoms with Gasteiger partial charge in [0.25, 0.3) is 0 Å². The summed E-state index contributed by atoms with van der Waals surface area (Å²) in [6.07, 6.45) is 20.6. The Morgan fingerprint density at radius 1 is 0.500 bits per heavy atom. The van der Waals surface area contributed by atoms with Gasteiger partial charge in [-0.25, -0.2) is 0 Å². The summed E-state index contributed by atoms with van der Waals surface area (Å²) in [6.45, 7) is 32.5. The molecule has 0 fully saturated rings. The Balaban J connectivity index is -0.000000169. The van der Waals surface area contributed by atoms with Crippen molar-refractivity contribution in [1.29, 1.82) is 0 Å². The van der Waals surface area contributed by atoms with Gasteiger partial charge in [-0.2, -0.15) is 0 Å². The first-order valence-corrected chi connectivity index (χ1v) is 18.1. The summed E-state index contributed by atoms with van der Waals surface area (Å²) in [4.78, 5) is 53.9. The Morgan fingerprint density at radius 2 is 0.940 bits per heavy atom. The highest BCUT2D eigenvalue weighted by atomic mass is 16.5. The summed E-state index contributed by atoms with van der Waals surface area (Å²) in [5.74, 6) is -0.417. The summed E-state index contributed by atoms with van der Waals surface area (Å²) in [7, 11) is 0. The van der Waals surface area contributed by atoms with E-state index in [1.165, 1.54) is 31.8 Å². The summed E-state index contributed by atoms with van der Waals surface area (Å²) >= 11 is 0. The van der Waals surface area contributed by atoms with Crippen molar-refractivity contribution < 1.29 is 42.9 Å². The van der Waals surface area contributed by atoms with Crippen LogP contribution in [0.5, 0.6) is 0 Å². The molecule has 290 valence electrons. The number of carbonyl (C=O) groups is 5. The van der Waals surface area contributed by atoms with Gasteiger partial charge in [0.15, 0.2) is 0 Å². The maximum atomic E-state index is 11.0. The molecule has 0 saturated carbocycles. The third-order valence-electron chi connectivity index (χ3n) is 6.76. The molecule has 0 radical (unpaired) electrons. The van der Waals surface area contributed by atoms with Crippen LogP contribution in [0, 0.1) is 17.8 Å². The van der Waals surface area contributed by atoms with Gasteiger partial charge in [-0.05, 0) is 32.1 Å². The van der Waals surface area contributed by atoms with E-state index >= 15 is 0 Å². The second-order valence-electron chi connectivity index (χ2n) is 11.5. The number of rotatable bonds is 23. The molecule has 0 aliphatic heterocycles. The van der Waals surface area contributed by atoms with Crippen molar-refractivity contribution in [2.24, 2.45) is 17.8 Å². The van der Waals surface area contributed by atoms with E-state index in [9.17, 15) is 24.0 Å². The van der Waals surface area contributed by atoms with Crippen LogP contribution in [0.2, 0.25) is 0 Å². The molecule has 0 aromatic heterocycles. The summed E-state index contributed by atoms with van der Waals surface area (Å²) in [6, 6.07) is 0. The number of carbonyl (C=O) groups excluding carboxylic acids is 5. The van der Waals surface area contributed by atoms with Crippen molar-refractivity contribution in [3.63, 3.8) is 0 Å². The Hall–Kier alpha value is -3.75. The normalized spacial score (nSPS) is 11.0. The minimum atomic E-state index is -0.201. The third kappa shape index (κ3) is 46.4. The van der Waals surface area contributed by atoms with Gasteiger partial charge >= 0.3 is 23.9 Å². The van der Waals surface area contributed by atoms with Gasteiger partial charge in [0, 0.05) is 19.3 Å². The van der Waals surface area contributed by atoms with E-state index in [2.05, 4.69) is 65.7 Å². The predicted octanol–water partition coefficient (Wildman–Crippen LogP) is 11.3. The quantitative estimate of drug-likeness (QED) is 0.0335. The lowest BCUT2D eigenvalue weighted by Gasteiger charge is -2.06. The molecule has 3 atom stereocenters. The second-order valence-corrected chi connectivity index (χ2v) is 11.5. The first-order chi connectivity index (χ1) is 23.8. The number of ether oxygens (including phenoxy) is 4. The highest BCUT2D eigenvalue weighted by Gasteiger charge is 2.12. The maximum absolute atomic E-state index is 11.0. The Kier molecular flexibility index (Phi) is 50.4. The molecule has 0 spiro atoms. The zero-order valence-corrected chi connectivity index (χ0v) is 32.9. The standard InChI is InChI=1S/C10H18O.C9H16O2.C8H14O2.2C7H12O2/c1-3-5-6-7-9-10(11)8-4-2;1-4-6-7-8(3)9(10)11-5-2;1-4-6-7(3)8(9)10-5-2;1-4-6(3)7(8)9-5-2;1-3-5-6-7(8)9-4-2/h4H,2-3,5-9H2,1H3;5,8H,2,4,6-7H2,1,3H3;5,7H,2,4,6H2,1,3H3;5-6H,2,4H2,1,3H3;4H,2-3,5-6H2,1H3. The molecule has 0 aromatic carbocycles. The van der Waals surface area contributed by atoms with Gasteiger partial charge in [0.2, 0.25) is 0 Å². The fourth-order valence-corrected chi connectivity index (χ4v) is 3.43. The van der Waals surface area contributed by atoms with Crippen LogP contribution in [0.15, 0.2) is 64.0 Å². The van der Waals surface area contributed by atoms with Gasteiger partial charge < -0.3 is 18.9 Å². The molecule has 9 heteroatoms. The van der Waals surface area contributed by atoms with E-state index in [4.69, 9.17) is 0 Å². The zero-order chi connectivity index (χ0) is 39.6. The van der Waals surface area contributed by atoms with Crippen molar-refractivity contribution in [2.45, 2.75) is 152 Å². The maximum Gasteiger partial charge on any atom is 0.313 e. The Bertz CT molecular complexity index is 908. The molecule has 0 N–H and O–H groups in total. The molecule has 0 aromatic rings. The largest absolute Gasteiger partial charge is 0.435 e. The molecule has 0 saturated heterocycles. The van der Waals surface area contributed by atoms with E-state index in [1.54, 1.807) is 6.08 Å². The van der Waals surface area contributed by atoms with Crippen LogP contribution < -0.4 is 0 Å². The van der Waals surface area contributed by atoms with Gasteiger partial charge in [-0.15, -0.1) is 6.58 Å². The monoisotopic (exact) mass is 709 g/mol. The number of hydrogen-bond donors (Lipinski definition) is 0. The molecule has 0 heterocycles. The number of Topliss-reactive ketones (excluding diaryl/α,β-unsaturated/α-hetero) is 1. The van der Waals surface area contributed by atoms with E-state index in [-0.39, 0.29) is 41.6 Å². The number of esters is 4. The molecule has 0 amide bonds. The first kappa shape index (κ1) is 55.7. The van der Waals surface area contributed by atoms with Crippen LogP contribution in [-0.2, 0) is 42.9 Å². The lowest BCUT2D eigenvalue weighted by atomic mass is 10.1. The fraction of sp³-hybridized carbons (Fsp3) is 0.634. The van der Waals surface area contributed by atoms with E-state index in [0.717, 1.165) is 76.7 Å². The Labute approximate surface area is 305 Å². The molecule has 0 bridgehead atoms. The average molecular weight is 709 g/mol. The minimum Gasteiger partial charge on any atom is -0.435 e. The first-order valence-electron chi connectivity index (χ1n) is 18.1. The highest BCUT2D eigenvalue weighted by Crippen LogP contribution is 2.09. The van der Waals surface area contributed by atoms with E-state index in [0.29, 0.717) is 18.6 Å². The van der Waals surface area contributed by atoms with Crippen LogP contribution in [0.1, 0.15) is 152 Å². The molecule has 3 unspecified atom stereocenters. The molecular formula is C41H72O9. The number of hydrogen-bond acceptors (Lipinski definition) is 9. The summed E-state index contributed by atoms with van der Waals surface area (Å²) in [5, 5.41) is 0. The van der Waals surface area contributed by atoms with Crippen LogP contribution in [0.25, 0.3) is 0 Å². The van der Waals surface area contributed by atoms with Gasteiger partial charge in [-0.3, -0.25) is 24.0 Å². The van der Waals surface area contributed by atoms with Crippen LogP contribution in [0.4, 0.5) is 0 Å². The van der Waals surface area contributed by atoms with Crippen molar-refractivity contribution in [1.82, 2.24) is 0 Å². The third-order valence-corrected chi connectivity index (χ3v) is 6.76. The molecule has 50 heavy (non-hydrogen) atoms. The smallest absolute Gasteiger partial charge is 0.313 e. The lowest BCUT2D eigenvalue weighted by Crippen LogP contribution is -2.11. The minimum absolute atomic E-state index is 0.00278. The highest BCUT2D eigenvalue weighted by molar-refractivity contribution is 5.79. The van der Waals surface area contributed by atoms with Gasteiger partial charge in [0.05, 0.1) is 42.8 Å². The van der Waals surface area contributed by atoms with Crippen molar-refractivity contribution in [3.05, 3.63) is 64.0 Å². The molecular weight excluding hydrogens is 636 g/mol. The molecule has 0 aliphatic carbocycles. The molecule has 0 rings (SSSR count). The van der Waals surface area contributed by atoms with Crippen molar-refractivity contribution in [2.75, 3.05) is 0 Å². The van der Waals surface area contributed by atoms with Crippen LogP contribution in [0.3, 0.4) is 0 Å².